The number of carbonyl (C=O) groups is 2. The third-order valence-electron chi connectivity index (χ3n) is 2.94. The fraction of sp³-hybridized carbons (Fsp3) is 0.846. The molecule has 0 aromatic heterocycles. The van der Waals surface area contributed by atoms with Crippen molar-refractivity contribution in [2.45, 2.75) is 58.5 Å². The second kappa shape index (κ2) is 5.73. The van der Waals surface area contributed by atoms with Crippen LogP contribution in [0.5, 0.6) is 0 Å². The van der Waals surface area contributed by atoms with E-state index in [0.717, 1.165) is 4.90 Å². The number of carbonyl (C=O) groups excluding carboxylic acids is 2. The first-order valence-electron chi connectivity index (χ1n) is 6.70. The summed E-state index contributed by atoms with van der Waals surface area (Å²) in [4.78, 5) is 25.2. The molecule has 0 N–H and O–H groups in total. The van der Waals surface area contributed by atoms with E-state index < -0.39 is 35.9 Å². The van der Waals surface area contributed by atoms with Crippen molar-refractivity contribution in [2.75, 3.05) is 13.1 Å². The van der Waals surface area contributed by atoms with Crippen LogP contribution in [0.4, 0.5) is 18.0 Å². The summed E-state index contributed by atoms with van der Waals surface area (Å²) in [7, 11) is 0. The Morgan fingerprint density at radius 2 is 1.67 bits per heavy atom. The zero-order chi connectivity index (χ0) is 16.6. The SMILES string of the molecule is CC(C)N(C(=O)C(F)(F)F)C1CN(C(=O)OC(C)(C)C)C1. The van der Waals surface area contributed by atoms with E-state index in [1.54, 1.807) is 20.8 Å². The summed E-state index contributed by atoms with van der Waals surface area (Å²) in [6, 6.07) is -1.23. The highest BCUT2D eigenvalue weighted by atomic mass is 19.4. The van der Waals surface area contributed by atoms with Crippen molar-refractivity contribution in [3.05, 3.63) is 0 Å². The molecule has 2 amide bonds. The number of amides is 2. The molecule has 1 aliphatic rings. The fourth-order valence-corrected chi connectivity index (χ4v) is 2.08. The topological polar surface area (TPSA) is 49.9 Å². The monoisotopic (exact) mass is 310 g/mol. The van der Waals surface area contributed by atoms with E-state index in [-0.39, 0.29) is 13.1 Å². The van der Waals surface area contributed by atoms with Gasteiger partial charge in [0.15, 0.2) is 0 Å². The van der Waals surface area contributed by atoms with Gasteiger partial charge in [-0.3, -0.25) is 4.79 Å². The zero-order valence-electron chi connectivity index (χ0n) is 12.8. The summed E-state index contributed by atoms with van der Waals surface area (Å²) in [5, 5.41) is 0. The van der Waals surface area contributed by atoms with Gasteiger partial charge >= 0.3 is 18.2 Å². The predicted molar refractivity (Wildman–Crippen MR) is 69.6 cm³/mol. The third-order valence-corrected chi connectivity index (χ3v) is 2.94. The first-order valence-corrected chi connectivity index (χ1v) is 6.70. The van der Waals surface area contributed by atoms with Gasteiger partial charge in [0, 0.05) is 19.1 Å². The van der Waals surface area contributed by atoms with Gasteiger partial charge in [-0.2, -0.15) is 13.2 Å². The van der Waals surface area contributed by atoms with Gasteiger partial charge in [0.2, 0.25) is 0 Å². The molecule has 1 saturated heterocycles. The minimum atomic E-state index is -4.91. The average Bonchev–Trinajstić information content (AvgIpc) is 2.16. The van der Waals surface area contributed by atoms with Crippen LogP contribution >= 0.6 is 0 Å². The normalized spacial score (nSPS) is 16.7. The van der Waals surface area contributed by atoms with Crippen molar-refractivity contribution >= 4 is 12.0 Å². The van der Waals surface area contributed by atoms with Gasteiger partial charge < -0.3 is 14.5 Å². The Bertz CT molecular complexity index is 410. The molecule has 0 unspecified atom stereocenters. The van der Waals surface area contributed by atoms with Gasteiger partial charge in [0.05, 0.1) is 6.04 Å². The third kappa shape index (κ3) is 4.50. The van der Waals surface area contributed by atoms with Gasteiger partial charge in [-0.05, 0) is 34.6 Å². The Morgan fingerprint density at radius 1 is 1.19 bits per heavy atom. The predicted octanol–water partition coefficient (Wildman–Crippen LogP) is 2.41. The summed E-state index contributed by atoms with van der Waals surface area (Å²) in [5.41, 5.74) is -0.665. The molecule has 0 saturated carbocycles. The van der Waals surface area contributed by atoms with Crippen LogP contribution < -0.4 is 0 Å². The molecule has 0 atom stereocenters. The lowest BCUT2D eigenvalue weighted by atomic mass is 10.1. The summed E-state index contributed by atoms with van der Waals surface area (Å²) >= 11 is 0. The molecule has 1 rings (SSSR count). The van der Waals surface area contributed by atoms with Crippen LogP contribution in [0.2, 0.25) is 0 Å². The second-order valence-corrected chi connectivity index (χ2v) is 6.34. The van der Waals surface area contributed by atoms with E-state index in [4.69, 9.17) is 4.74 Å². The fourth-order valence-electron chi connectivity index (χ4n) is 2.08. The molecule has 1 heterocycles. The molecule has 0 aromatic carbocycles. The van der Waals surface area contributed by atoms with Crippen LogP contribution in [0, 0.1) is 0 Å². The van der Waals surface area contributed by atoms with Crippen LogP contribution in [-0.4, -0.2) is 58.8 Å². The van der Waals surface area contributed by atoms with Crippen LogP contribution in [0.15, 0.2) is 0 Å². The molecule has 8 heteroatoms. The van der Waals surface area contributed by atoms with E-state index in [2.05, 4.69) is 0 Å². The second-order valence-electron chi connectivity index (χ2n) is 6.34. The number of halogens is 3. The summed E-state index contributed by atoms with van der Waals surface area (Å²) in [6.45, 7) is 8.24. The van der Waals surface area contributed by atoms with Gasteiger partial charge in [0.25, 0.3) is 0 Å². The number of ether oxygens (including phenoxy) is 1. The van der Waals surface area contributed by atoms with E-state index in [1.807, 2.05) is 0 Å². The number of hydrogen-bond donors (Lipinski definition) is 0. The van der Waals surface area contributed by atoms with E-state index in [9.17, 15) is 22.8 Å². The first-order chi connectivity index (χ1) is 9.33. The Kier molecular flexibility index (Phi) is 4.80. The Labute approximate surface area is 122 Å². The maximum Gasteiger partial charge on any atom is 0.471 e. The zero-order valence-corrected chi connectivity index (χ0v) is 12.8. The van der Waals surface area contributed by atoms with Gasteiger partial charge in [-0.1, -0.05) is 0 Å². The minimum absolute atomic E-state index is 0.0505. The maximum atomic E-state index is 12.6. The number of nitrogens with zero attached hydrogens (tertiary/aromatic N) is 2. The van der Waals surface area contributed by atoms with Crippen molar-refractivity contribution in [1.82, 2.24) is 9.80 Å². The smallest absolute Gasteiger partial charge is 0.444 e. The Hall–Kier alpha value is -1.47. The molecule has 0 aliphatic carbocycles. The van der Waals surface area contributed by atoms with Crippen LogP contribution in [0.25, 0.3) is 0 Å². The molecule has 0 aromatic rings. The Balaban J connectivity index is 2.65. The minimum Gasteiger partial charge on any atom is -0.444 e. The molecular weight excluding hydrogens is 289 g/mol. The largest absolute Gasteiger partial charge is 0.471 e. The number of rotatable bonds is 2. The molecule has 0 spiro atoms. The quantitative estimate of drug-likeness (QED) is 0.787. The summed E-state index contributed by atoms with van der Waals surface area (Å²) in [5.74, 6) is -1.87. The highest BCUT2D eigenvalue weighted by Crippen LogP contribution is 2.26. The summed E-state index contributed by atoms with van der Waals surface area (Å²) < 4.78 is 42.8. The van der Waals surface area contributed by atoms with Crippen LogP contribution in [-0.2, 0) is 9.53 Å². The van der Waals surface area contributed by atoms with E-state index >= 15 is 0 Å². The van der Waals surface area contributed by atoms with Gasteiger partial charge in [0.1, 0.15) is 5.60 Å². The van der Waals surface area contributed by atoms with Crippen LogP contribution in [0.1, 0.15) is 34.6 Å². The van der Waals surface area contributed by atoms with Crippen molar-refractivity contribution in [3.63, 3.8) is 0 Å². The average molecular weight is 310 g/mol. The van der Waals surface area contributed by atoms with Crippen molar-refractivity contribution < 1.29 is 27.5 Å². The highest BCUT2D eigenvalue weighted by Gasteiger charge is 2.49. The lowest BCUT2D eigenvalue weighted by Crippen LogP contribution is -2.65. The standard InChI is InChI=1S/C13H21F3N2O3/c1-8(2)18(10(19)13(14,15)16)9-6-17(7-9)11(20)21-12(3,4)5/h8-9H,6-7H2,1-5H3. The molecule has 1 fully saturated rings. The van der Waals surface area contributed by atoms with Gasteiger partial charge in [-0.15, -0.1) is 0 Å². The molecule has 21 heavy (non-hydrogen) atoms. The van der Waals surface area contributed by atoms with E-state index in [1.165, 1.54) is 18.7 Å². The lowest BCUT2D eigenvalue weighted by Gasteiger charge is -2.46. The number of likely N-dealkylation sites (tertiary alicyclic amines) is 1. The van der Waals surface area contributed by atoms with Crippen molar-refractivity contribution in [3.8, 4) is 0 Å². The number of hydrogen-bond acceptors (Lipinski definition) is 3. The molecular formula is C13H21F3N2O3. The molecule has 5 nitrogen and oxygen atoms in total. The molecule has 1 aliphatic heterocycles. The van der Waals surface area contributed by atoms with Crippen LogP contribution in [0.3, 0.4) is 0 Å². The molecule has 0 radical (unpaired) electrons. The van der Waals surface area contributed by atoms with Crippen molar-refractivity contribution in [1.29, 1.82) is 0 Å². The first kappa shape index (κ1) is 17.6. The highest BCUT2D eigenvalue weighted by molar-refractivity contribution is 5.83. The van der Waals surface area contributed by atoms with Gasteiger partial charge in [-0.25, -0.2) is 4.79 Å². The van der Waals surface area contributed by atoms with E-state index in [0.29, 0.717) is 0 Å². The molecule has 0 bridgehead atoms. The maximum absolute atomic E-state index is 12.6. The summed E-state index contributed by atoms with van der Waals surface area (Å²) in [6.07, 6.45) is -5.49. The Morgan fingerprint density at radius 3 is 2.00 bits per heavy atom. The van der Waals surface area contributed by atoms with Crippen molar-refractivity contribution in [2.24, 2.45) is 0 Å². The number of alkyl halides is 3. The lowest BCUT2D eigenvalue weighted by molar-refractivity contribution is -0.192. The molecule has 122 valence electrons.